The van der Waals surface area contributed by atoms with Crippen LogP contribution in [0.4, 0.5) is 8.78 Å². The molecule has 0 aliphatic heterocycles. The van der Waals surface area contributed by atoms with Gasteiger partial charge in [0.2, 0.25) is 5.91 Å². The molecule has 1 saturated carbocycles. The number of nitrogens with zero attached hydrogens (tertiary/aromatic N) is 3. The predicted molar refractivity (Wildman–Crippen MR) is 86.1 cm³/mol. The molecule has 0 atom stereocenters. The van der Waals surface area contributed by atoms with Gasteiger partial charge in [-0.25, -0.2) is 18.4 Å². The Bertz CT molecular complexity index is 930. The highest BCUT2D eigenvalue weighted by Crippen LogP contribution is 2.33. The van der Waals surface area contributed by atoms with Gasteiger partial charge in [-0.15, -0.1) is 0 Å². The van der Waals surface area contributed by atoms with Gasteiger partial charge in [0, 0.05) is 11.6 Å². The Morgan fingerprint density at radius 2 is 2.28 bits per heavy atom. The first-order valence-corrected chi connectivity index (χ1v) is 8.02. The van der Waals surface area contributed by atoms with E-state index in [-0.39, 0.29) is 40.8 Å². The number of aromatic nitrogens is 3. The summed E-state index contributed by atoms with van der Waals surface area (Å²) >= 11 is 0. The van der Waals surface area contributed by atoms with Crippen molar-refractivity contribution in [2.45, 2.75) is 38.8 Å². The summed E-state index contributed by atoms with van der Waals surface area (Å²) in [4.78, 5) is 16.5. The average molecular weight is 346 g/mol. The molecule has 6 nitrogen and oxygen atoms in total. The van der Waals surface area contributed by atoms with E-state index in [1.807, 2.05) is 0 Å². The smallest absolute Gasteiger partial charge is 0.264 e. The second-order valence-electron chi connectivity index (χ2n) is 6.16. The van der Waals surface area contributed by atoms with Crippen molar-refractivity contribution in [3.8, 4) is 11.5 Å². The van der Waals surface area contributed by atoms with Gasteiger partial charge in [0.15, 0.2) is 11.4 Å². The minimum Gasteiger partial charge on any atom is -0.463 e. The molecular weight excluding hydrogens is 330 g/mol. The number of amides is 1. The van der Waals surface area contributed by atoms with Crippen LogP contribution in [0.1, 0.15) is 30.5 Å². The molecule has 3 heterocycles. The minimum atomic E-state index is -2.68. The van der Waals surface area contributed by atoms with Crippen LogP contribution in [0.3, 0.4) is 0 Å². The molecule has 1 fully saturated rings. The molecular formula is C17H16F2N4O2. The molecule has 0 spiro atoms. The van der Waals surface area contributed by atoms with Gasteiger partial charge < -0.3 is 9.73 Å². The Kier molecular flexibility index (Phi) is 3.74. The number of hydrogen-bond donors (Lipinski definition) is 1. The predicted octanol–water partition coefficient (Wildman–Crippen LogP) is 3.22. The lowest BCUT2D eigenvalue weighted by atomic mass is 10.1. The summed E-state index contributed by atoms with van der Waals surface area (Å²) < 4.78 is 33.8. The van der Waals surface area contributed by atoms with E-state index in [1.54, 1.807) is 19.1 Å². The van der Waals surface area contributed by atoms with Crippen molar-refractivity contribution in [2.75, 3.05) is 0 Å². The molecule has 1 N–H and O–H groups in total. The van der Waals surface area contributed by atoms with Crippen molar-refractivity contribution < 1.29 is 18.0 Å². The number of furan rings is 1. The SMILES string of the molecule is Cc1nn(CC(=O)NC2CC2)c2nc(-c3ccco3)cc(C(F)F)c12. The molecule has 0 unspecified atom stereocenters. The van der Waals surface area contributed by atoms with E-state index >= 15 is 0 Å². The number of carbonyl (C=O) groups excluding carboxylic acids is 1. The van der Waals surface area contributed by atoms with Crippen molar-refractivity contribution in [3.05, 3.63) is 35.7 Å². The number of alkyl halides is 2. The first-order chi connectivity index (χ1) is 12.0. The third-order valence-corrected chi connectivity index (χ3v) is 4.15. The molecule has 0 bridgehead atoms. The zero-order valence-electron chi connectivity index (χ0n) is 13.5. The maximum absolute atomic E-state index is 13.6. The Labute approximate surface area is 141 Å². The van der Waals surface area contributed by atoms with Crippen LogP contribution in [0, 0.1) is 6.92 Å². The molecule has 0 radical (unpaired) electrons. The number of halogens is 2. The van der Waals surface area contributed by atoms with E-state index < -0.39 is 6.43 Å². The van der Waals surface area contributed by atoms with E-state index in [9.17, 15) is 13.6 Å². The van der Waals surface area contributed by atoms with E-state index in [2.05, 4.69) is 15.4 Å². The summed E-state index contributed by atoms with van der Waals surface area (Å²) in [5, 5.41) is 7.40. The monoisotopic (exact) mass is 346 g/mol. The first-order valence-electron chi connectivity index (χ1n) is 8.02. The van der Waals surface area contributed by atoms with Gasteiger partial charge in [0.1, 0.15) is 12.2 Å². The standard InChI is InChI=1S/C17H16F2N4O2/c1-9-15-11(16(18)19)7-12(13-3-2-6-25-13)21-17(15)23(22-9)8-14(24)20-10-4-5-10/h2-3,6-7,10,16H,4-5,8H2,1H3,(H,20,24). The van der Waals surface area contributed by atoms with Crippen LogP contribution in [0.15, 0.2) is 28.9 Å². The Morgan fingerprint density at radius 3 is 2.92 bits per heavy atom. The highest BCUT2D eigenvalue weighted by molar-refractivity contribution is 5.86. The van der Waals surface area contributed by atoms with Crippen molar-refractivity contribution in [1.29, 1.82) is 0 Å². The Morgan fingerprint density at radius 1 is 1.48 bits per heavy atom. The molecule has 3 aromatic rings. The number of pyridine rings is 1. The van der Waals surface area contributed by atoms with Crippen molar-refractivity contribution in [2.24, 2.45) is 0 Å². The summed E-state index contributed by atoms with van der Waals surface area (Å²) in [5.74, 6) is 0.187. The van der Waals surface area contributed by atoms with Crippen molar-refractivity contribution >= 4 is 16.9 Å². The zero-order valence-corrected chi connectivity index (χ0v) is 13.5. The van der Waals surface area contributed by atoms with E-state index in [0.717, 1.165) is 12.8 Å². The van der Waals surface area contributed by atoms with Gasteiger partial charge in [-0.1, -0.05) is 0 Å². The molecule has 25 heavy (non-hydrogen) atoms. The minimum absolute atomic E-state index is 0.0574. The van der Waals surface area contributed by atoms with E-state index in [1.165, 1.54) is 17.0 Å². The summed E-state index contributed by atoms with van der Waals surface area (Å²) in [6, 6.07) is 4.85. The van der Waals surface area contributed by atoms with Gasteiger partial charge in [0.05, 0.1) is 17.3 Å². The molecule has 8 heteroatoms. The lowest BCUT2D eigenvalue weighted by Gasteiger charge is -2.07. The van der Waals surface area contributed by atoms with E-state index in [4.69, 9.17) is 4.42 Å². The Hall–Kier alpha value is -2.77. The average Bonchev–Trinajstić information content (AvgIpc) is 3.09. The summed E-state index contributed by atoms with van der Waals surface area (Å²) in [6.07, 6.45) is 0.715. The summed E-state index contributed by atoms with van der Waals surface area (Å²) in [6.45, 7) is 1.58. The number of fused-ring (bicyclic) bond motifs is 1. The van der Waals surface area contributed by atoms with Gasteiger partial charge in [-0.3, -0.25) is 4.79 Å². The van der Waals surface area contributed by atoms with Crippen LogP contribution in [0.25, 0.3) is 22.5 Å². The van der Waals surface area contributed by atoms with Gasteiger partial charge in [-0.2, -0.15) is 5.10 Å². The third-order valence-electron chi connectivity index (χ3n) is 4.15. The van der Waals surface area contributed by atoms with Gasteiger partial charge in [0.25, 0.3) is 6.43 Å². The van der Waals surface area contributed by atoms with Crippen LogP contribution < -0.4 is 5.32 Å². The lowest BCUT2D eigenvalue weighted by Crippen LogP contribution is -2.29. The zero-order chi connectivity index (χ0) is 17.6. The number of nitrogens with one attached hydrogen (secondary N) is 1. The molecule has 1 amide bonds. The molecule has 3 aromatic heterocycles. The van der Waals surface area contributed by atoms with Crippen LogP contribution in [0.2, 0.25) is 0 Å². The van der Waals surface area contributed by atoms with Crippen LogP contribution >= 0.6 is 0 Å². The van der Waals surface area contributed by atoms with Crippen LogP contribution in [-0.4, -0.2) is 26.7 Å². The quantitative estimate of drug-likeness (QED) is 0.770. The first kappa shape index (κ1) is 15.7. The van der Waals surface area contributed by atoms with Crippen molar-refractivity contribution in [1.82, 2.24) is 20.1 Å². The van der Waals surface area contributed by atoms with Gasteiger partial charge in [-0.05, 0) is 38.0 Å². The number of aryl methyl sites for hydroxylation is 1. The lowest BCUT2D eigenvalue weighted by molar-refractivity contribution is -0.121. The third kappa shape index (κ3) is 2.99. The molecule has 1 aliphatic carbocycles. The molecule has 130 valence electrons. The summed E-state index contributed by atoms with van der Waals surface area (Å²) in [7, 11) is 0. The summed E-state index contributed by atoms with van der Waals surface area (Å²) in [5.41, 5.74) is 0.801. The fourth-order valence-electron chi connectivity index (χ4n) is 2.86. The molecule has 1 aliphatic rings. The molecule has 0 aromatic carbocycles. The van der Waals surface area contributed by atoms with Crippen LogP contribution in [0.5, 0.6) is 0 Å². The molecule has 4 rings (SSSR count). The van der Waals surface area contributed by atoms with E-state index in [0.29, 0.717) is 11.5 Å². The van der Waals surface area contributed by atoms with Crippen LogP contribution in [-0.2, 0) is 11.3 Å². The Balaban J connectivity index is 1.81. The number of rotatable bonds is 5. The number of hydrogen-bond acceptors (Lipinski definition) is 4. The highest BCUT2D eigenvalue weighted by Gasteiger charge is 2.25. The maximum Gasteiger partial charge on any atom is 0.264 e. The number of carbonyl (C=O) groups is 1. The highest BCUT2D eigenvalue weighted by atomic mass is 19.3. The topological polar surface area (TPSA) is 73.0 Å². The second kappa shape index (κ2) is 5.94. The van der Waals surface area contributed by atoms with Crippen molar-refractivity contribution in [3.63, 3.8) is 0 Å². The molecule has 0 saturated heterocycles. The largest absolute Gasteiger partial charge is 0.463 e. The van der Waals surface area contributed by atoms with Gasteiger partial charge >= 0.3 is 0 Å². The normalized spacial score (nSPS) is 14.4. The second-order valence-corrected chi connectivity index (χ2v) is 6.16. The fourth-order valence-corrected chi connectivity index (χ4v) is 2.86. The maximum atomic E-state index is 13.6. The fraction of sp³-hybridized carbons (Fsp3) is 0.353.